The molecule has 0 aromatic heterocycles. The lowest BCUT2D eigenvalue weighted by molar-refractivity contribution is -0.109. The van der Waals surface area contributed by atoms with Gasteiger partial charge in [-0.3, -0.25) is 4.79 Å². The number of rotatable bonds is 8. The molecule has 1 aromatic rings. The Morgan fingerprint density at radius 2 is 1.69 bits per heavy atom. The van der Waals surface area contributed by atoms with Gasteiger partial charge < -0.3 is 5.32 Å². The second-order valence-electron chi connectivity index (χ2n) is 4.10. The second kappa shape index (κ2) is 7.91. The van der Waals surface area contributed by atoms with Crippen LogP contribution in [0.3, 0.4) is 0 Å². The van der Waals surface area contributed by atoms with E-state index in [4.69, 9.17) is 0 Å². The van der Waals surface area contributed by atoms with Crippen molar-refractivity contribution in [1.82, 2.24) is 5.32 Å². The predicted octanol–water partition coefficient (Wildman–Crippen LogP) is 2.71. The molecule has 0 bridgehead atoms. The fourth-order valence-electron chi connectivity index (χ4n) is 1.78. The molecule has 0 aliphatic heterocycles. The van der Waals surface area contributed by atoms with E-state index in [1.165, 1.54) is 24.0 Å². The maximum atomic E-state index is 10.0. The van der Waals surface area contributed by atoms with Gasteiger partial charge in [0, 0.05) is 6.54 Å². The van der Waals surface area contributed by atoms with Crippen LogP contribution in [0.5, 0.6) is 0 Å². The molecule has 1 amide bonds. The first-order valence-electron chi connectivity index (χ1n) is 6.11. The smallest absolute Gasteiger partial charge is 0.207 e. The van der Waals surface area contributed by atoms with Gasteiger partial charge in [-0.1, -0.05) is 37.6 Å². The van der Waals surface area contributed by atoms with Gasteiger partial charge in [-0.15, -0.1) is 0 Å². The van der Waals surface area contributed by atoms with Gasteiger partial charge in [0.25, 0.3) is 0 Å². The van der Waals surface area contributed by atoms with Crippen molar-refractivity contribution in [3.8, 4) is 0 Å². The second-order valence-corrected chi connectivity index (χ2v) is 4.10. The lowest BCUT2D eigenvalue weighted by atomic mass is 10.0. The van der Waals surface area contributed by atoms with Crippen LogP contribution in [0.4, 0.5) is 0 Å². The highest BCUT2D eigenvalue weighted by Gasteiger charge is 1.95. The summed E-state index contributed by atoms with van der Waals surface area (Å²) in [7, 11) is 0. The van der Waals surface area contributed by atoms with Gasteiger partial charge in [0.15, 0.2) is 0 Å². The van der Waals surface area contributed by atoms with E-state index in [-0.39, 0.29) is 0 Å². The van der Waals surface area contributed by atoms with Crippen molar-refractivity contribution in [1.29, 1.82) is 0 Å². The number of carbonyl (C=O) groups is 1. The van der Waals surface area contributed by atoms with Gasteiger partial charge in [0.05, 0.1) is 0 Å². The molecular formula is C14H21NO. The minimum atomic E-state index is 0.763. The highest BCUT2D eigenvalue weighted by atomic mass is 16.1. The summed E-state index contributed by atoms with van der Waals surface area (Å²) in [5, 5.41) is 2.68. The first kappa shape index (κ1) is 12.8. The fraction of sp³-hybridized carbons (Fsp3) is 0.500. The average Bonchev–Trinajstić information content (AvgIpc) is 2.31. The van der Waals surface area contributed by atoms with Gasteiger partial charge >= 0.3 is 0 Å². The molecule has 0 heterocycles. The van der Waals surface area contributed by atoms with Gasteiger partial charge in [-0.2, -0.15) is 0 Å². The maximum absolute atomic E-state index is 10.0. The molecule has 1 rings (SSSR count). The number of aryl methyl sites for hydroxylation is 2. The molecule has 0 radical (unpaired) electrons. The molecule has 0 saturated heterocycles. The summed E-state index contributed by atoms with van der Waals surface area (Å²) in [5.74, 6) is 0. The van der Waals surface area contributed by atoms with E-state index in [0.717, 1.165) is 32.2 Å². The third-order valence-electron chi connectivity index (χ3n) is 2.68. The van der Waals surface area contributed by atoms with Crippen molar-refractivity contribution >= 4 is 6.41 Å². The summed E-state index contributed by atoms with van der Waals surface area (Å²) in [4.78, 5) is 10.0. The van der Waals surface area contributed by atoms with Crippen molar-refractivity contribution in [2.45, 2.75) is 39.0 Å². The highest BCUT2D eigenvalue weighted by Crippen LogP contribution is 2.09. The Labute approximate surface area is 98.1 Å². The number of unbranched alkanes of at least 4 members (excludes halogenated alkanes) is 1. The van der Waals surface area contributed by atoms with Crippen LogP contribution in [0.1, 0.15) is 37.3 Å². The summed E-state index contributed by atoms with van der Waals surface area (Å²) in [6.45, 7) is 2.99. The predicted molar refractivity (Wildman–Crippen MR) is 67.4 cm³/mol. The lowest BCUT2D eigenvalue weighted by Gasteiger charge is -2.03. The van der Waals surface area contributed by atoms with Crippen LogP contribution in [-0.2, 0) is 17.6 Å². The SMILES string of the molecule is CCCc1ccc(CCCCNC=O)cc1. The molecule has 16 heavy (non-hydrogen) atoms. The third kappa shape index (κ3) is 4.96. The van der Waals surface area contributed by atoms with E-state index >= 15 is 0 Å². The van der Waals surface area contributed by atoms with Crippen LogP contribution < -0.4 is 5.32 Å². The normalized spacial score (nSPS) is 10.1. The number of hydrogen-bond acceptors (Lipinski definition) is 1. The molecular weight excluding hydrogens is 198 g/mol. The molecule has 0 aliphatic rings. The minimum Gasteiger partial charge on any atom is -0.359 e. The van der Waals surface area contributed by atoms with E-state index in [9.17, 15) is 4.79 Å². The Morgan fingerprint density at radius 3 is 2.25 bits per heavy atom. The Bertz CT molecular complexity index is 292. The summed E-state index contributed by atoms with van der Waals surface area (Å²) in [5.41, 5.74) is 2.82. The van der Waals surface area contributed by atoms with E-state index < -0.39 is 0 Å². The Balaban J connectivity index is 2.23. The number of carbonyl (C=O) groups excluding carboxylic acids is 1. The topological polar surface area (TPSA) is 29.1 Å². The molecule has 0 saturated carbocycles. The fourth-order valence-corrected chi connectivity index (χ4v) is 1.78. The van der Waals surface area contributed by atoms with Crippen LogP contribution in [0.15, 0.2) is 24.3 Å². The highest BCUT2D eigenvalue weighted by molar-refractivity contribution is 5.45. The summed E-state index contributed by atoms with van der Waals surface area (Å²) in [6.07, 6.45) is 6.43. The summed E-state index contributed by atoms with van der Waals surface area (Å²) in [6, 6.07) is 8.89. The first-order valence-corrected chi connectivity index (χ1v) is 6.11. The summed E-state index contributed by atoms with van der Waals surface area (Å²) < 4.78 is 0. The minimum absolute atomic E-state index is 0.763. The molecule has 2 heteroatoms. The third-order valence-corrected chi connectivity index (χ3v) is 2.68. The Hall–Kier alpha value is -1.31. The van der Waals surface area contributed by atoms with Crippen molar-refractivity contribution in [3.63, 3.8) is 0 Å². The van der Waals surface area contributed by atoms with Gasteiger partial charge in [-0.05, 0) is 36.8 Å². The molecule has 0 aliphatic carbocycles. The van der Waals surface area contributed by atoms with Gasteiger partial charge in [0.1, 0.15) is 0 Å². The number of nitrogens with one attached hydrogen (secondary N) is 1. The van der Waals surface area contributed by atoms with Crippen molar-refractivity contribution < 1.29 is 4.79 Å². The average molecular weight is 219 g/mol. The zero-order valence-electron chi connectivity index (χ0n) is 10.0. The van der Waals surface area contributed by atoms with E-state index in [0.29, 0.717) is 0 Å². The standard InChI is InChI=1S/C14H21NO/c1-2-5-13-7-9-14(10-8-13)6-3-4-11-15-12-16/h7-10,12H,2-6,11H2,1H3,(H,15,16). The van der Waals surface area contributed by atoms with Crippen LogP contribution in [-0.4, -0.2) is 13.0 Å². The van der Waals surface area contributed by atoms with Gasteiger partial charge in [0.2, 0.25) is 6.41 Å². The molecule has 0 fully saturated rings. The largest absolute Gasteiger partial charge is 0.359 e. The zero-order valence-corrected chi connectivity index (χ0v) is 10.0. The first-order chi connectivity index (χ1) is 7.86. The van der Waals surface area contributed by atoms with Crippen molar-refractivity contribution in [2.75, 3.05) is 6.54 Å². The van der Waals surface area contributed by atoms with E-state index in [2.05, 4.69) is 36.5 Å². The number of amides is 1. The molecule has 1 N–H and O–H groups in total. The van der Waals surface area contributed by atoms with Crippen LogP contribution in [0.2, 0.25) is 0 Å². The quantitative estimate of drug-likeness (QED) is 0.528. The van der Waals surface area contributed by atoms with Crippen LogP contribution >= 0.6 is 0 Å². The van der Waals surface area contributed by atoms with Crippen molar-refractivity contribution in [3.05, 3.63) is 35.4 Å². The van der Waals surface area contributed by atoms with Crippen molar-refractivity contribution in [2.24, 2.45) is 0 Å². The molecule has 88 valence electrons. The monoisotopic (exact) mass is 219 g/mol. The Morgan fingerprint density at radius 1 is 1.06 bits per heavy atom. The maximum Gasteiger partial charge on any atom is 0.207 e. The van der Waals surface area contributed by atoms with E-state index in [1.54, 1.807) is 0 Å². The van der Waals surface area contributed by atoms with Crippen LogP contribution in [0.25, 0.3) is 0 Å². The van der Waals surface area contributed by atoms with E-state index in [1.807, 2.05) is 0 Å². The molecule has 0 spiro atoms. The molecule has 0 unspecified atom stereocenters. The molecule has 0 atom stereocenters. The summed E-state index contributed by atoms with van der Waals surface area (Å²) >= 11 is 0. The number of benzene rings is 1. The van der Waals surface area contributed by atoms with Crippen LogP contribution in [0, 0.1) is 0 Å². The molecule has 2 nitrogen and oxygen atoms in total. The zero-order chi connectivity index (χ0) is 11.6. The lowest BCUT2D eigenvalue weighted by Crippen LogP contribution is -2.11. The number of hydrogen-bond donors (Lipinski definition) is 1. The Kier molecular flexibility index (Phi) is 6.31. The molecule has 1 aromatic carbocycles. The van der Waals surface area contributed by atoms with Gasteiger partial charge in [-0.25, -0.2) is 0 Å².